The van der Waals surface area contributed by atoms with Crippen LogP contribution in [0, 0.1) is 11.6 Å². The lowest BCUT2D eigenvalue weighted by molar-refractivity contribution is 0.550. The Labute approximate surface area is 113 Å². The van der Waals surface area contributed by atoms with E-state index < -0.39 is 23.0 Å². The summed E-state index contributed by atoms with van der Waals surface area (Å²) in [7, 11) is 0. The molecule has 0 aliphatic heterocycles. The molecule has 0 amide bonds. The van der Waals surface area contributed by atoms with Crippen molar-refractivity contribution in [1.29, 1.82) is 0 Å². The fourth-order valence-corrected chi connectivity index (χ4v) is 2.80. The smallest absolute Gasteiger partial charge is 0.245 e. The zero-order chi connectivity index (χ0) is 13.1. The van der Waals surface area contributed by atoms with Gasteiger partial charge in [0.2, 0.25) is 10.0 Å². The molecule has 4 nitrogen and oxygen atoms in total. The van der Waals surface area contributed by atoms with Gasteiger partial charge >= 0.3 is 0 Å². The van der Waals surface area contributed by atoms with Crippen LogP contribution in [0.25, 0.3) is 0 Å². The maximum absolute atomic E-state index is 13.6. The summed E-state index contributed by atoms with van der Waals surface area (Å²) < 4.78 is 44.9. The van der Waals surface area contributed by atoms with Crippen LogP contribution in [0.15, 0.2) is 23.4 Å². The zero-order valence-corrected chi connectivity index (χ0v) is 11.1. The van der Waals surface area contributed by atoms with E-state index in [4.69, 9.17) is 11.6 Å². The topological polar surface area (TPSA) is 60.9 Å². The summed E-state index contributed by atoms with van der Waals surface area (Å²) in [4.78, 5) is 3.44. The Balaban J connectivity index is 2.25. The molecule has 0 saturated carbocycles. The maximum Gasteiger partial charge on any atom is 0.245 e. The van der Waals surface area contributed by atoms with Gasteiger partial charge in [0.15, 0.2) is 5.82 Å². The van der Waals surface area contributed by atoms with Crippen LogP contribution in [0.2, 0.25) is 0 Å². The molecule has 96 valence electrons. The van der Waals surface area contributed by atoms with Crippen molar-refractivity contribution in [2.75, 3.05) is 4.72 Å². The molecule has 0 aliphatic rings. The van der Waals surface area contributed by atoms with Crippen molar-refractivity contribution in [3.8, 4) is 0 Å². The highest BCUT2D eigenvalue weighted by atomic mass is 35.5. The van der Waals surface area contributed by atoms with Gasteiger partial charge in [0.05, 0.1) is 5.88 Å². The van der Waals surface area contributed by atoms with Crippen LogP contribution >= 0.6 is 23.1 Å². The van der Waals surface area contributed by atoms with E-state index in [0.29, 0.717) is 0 Å². The summed E-state index contributed by atoms with van der Waals surface area (Å²) >= 11 is 4.45. The number of halogens is 3. The SMILES string of the molecule is [O-][S+](Nc1ncns1)c1cc(F)c(CCl)cc1F. The number of hydrogen-bond donors (Lipinski definition) is 1. The number of nitrogens with zero attached hydrogens (tertiary/aromatic N) is 2. The predicted octanol–water partition coefficient (Wildman–Crippen LogP) is 2.69. The molecule has 2 rings (SSSR count). The van der Waals surface area contributed by atoms with Crippen LogP contribution in [0.4, 0.5) is 13.9 Å². The number of aromatic nitrogens is 2. The first kappa shape index (κ1) is 13.5. The molecular formula is C9H6ClF2N3OS2. The summed E-state index contributed by atoms with van der Waals surface area (Å²) in [5, 5.41) is 0.259. The van der Waals surface area contributed by atoms with Gasteiger partial charge in [-0.1, -0.05) is 0 Å². The molecule has 0 bridgehead atoms. The lowest BCUT2D eigenvalue weighted by atomic mass is 10.2. The standard InChI is InChI=1S/C9H6ClF2N3OS2/c10-3-5-1-7(12)8(2-6(5)11)18(16)15-9-13-4-14-17-9/h1-2,4H,3H2,(H,13,14,15). The summed E-state index contributed by atoms with van der Waals surface area (Å²) in [5.74, 6) is -1.64. The second kappa shape index (κ2) is 5.79. The van der Waals surface area contributed by atoms with E-state index in [1.807, 2.05) is 0 Å². The molecule has 2 aromatic rings. The monoisotopic (exact) mass is 309 g/mol. The van der Waals surface area contributed by atoms with E-state index in [0.717, 1.165) is 23.7 Å². The van der Waals surface area contributed by atoms with E-state index in [1.54, 1.807) is 0 Å². The van der Waals surface area contributed by atoms with Crippen molar-refractivity contribution < 1.29 is 13.3 Å². The second-order valence-corrected chi connectivity index (χ2v) is 5.35. The van der Waals surface area contributed by atoms with Gasteiger partial charge < -0.3 is 4.55 Å². The number of nitrogens with one attached hydrogen (secondary N) is 1. The Morgan fingerprint density at radius 1 is 1.39 bits per heavy atom. The van der Waals surface area contributed by atoms with Crippen molar-refractivity contribution in [3.05, 3.63) is 35.7 Å². The average Bonchev–Trinajstić information content (AvgIpc) is 2.84. The van der Waals surface area contributed by atoms with Crippen LogP contribution in [0.3, 0.4) is 0 Å². The van der Waals surface area contributed by atoms with Gasteiger partial charge in [-0.05, 0) is 6.07 Å². The maximum atomic E-state index is 13.6. The summed E-state index contributed by atoms with van der Waals surface area (Å²) in [5.41, 5.74) is 0.0193. The van der Waals surface area contributed by atoms with Crippen molar-refractivity contribution in [2.45, 2.75) is 10.8 Å². The molecule has 1 aromatic heterocycles. The Morgan fingerprint density at radius 2 is 2.17 bits per heavy atom. The van der Waals surface area contributed by atoms with Crippen LogP contribution < -0.4 is 4.72 Å². The molecule has 1 N–H and O–H groups in total. The number of alkyl halides is 1. The van der Waals surface area contributed by atoms with Crippen LogP contribution in [0.5, 0.6) is 0 Å². The van der Waals surface area contributed by atoms with E-state index in [1.165, 1.54) is 6.33 Å². The Morgan fingerprint density at radius 3 is 2.78 bits per heavy atom. The fourth-order valence-electron chi connectivity index (χ4n) is 1.17. The summed E-state index contributed by atoms with van der Waals surface area (Å²) in [6, 6.07) is 1.79. The van der Waals surface area contributed by atoms with Crippen LogP contribution in [-0.2, 0) is 17.2 Å². The first-order valence-electron chi connectivity index (χ1n) is 4.61. The molecular weight excluding hydrogens is 304 g/mol. The van der Waals surface area contributed by atoms with E-state index >= 15 is 0 Å². The van der Waals surface area contributed by atoms with Gasteiger partial charge in [0.25, 0.3) is 0 Å². The molecule has 1 heterocycles. The highest BCUT2D eigenvalue weighted by molar-refractivity contribution is 7.93. The predicted molar refractivity (Wildman–Crippen MR) is 65.9 cm³/mol. The van der Waals surface area contributed by atoms with Gasteiger partial charge in [0, 0.05) is 23.2 Å². The van der Waals surface area contributed by atoms with Crippen molar-refractivity contribution in [2.24, 2.45) is 0 Å². The minimum Gasteiger partial charge on any atom is -0.588 e. The summed E-state index contributed by atoms with van der Waals surface area (Å²) in [6.45, 7) is 0. The molecule has 1 unspecified atom stereocenters. The average molecular weight is 310 g/mol. The Bertz CT molecular complexity index is 541. The molecule has 9 heteroatoms. The Hall–Kier alpha value is -0.960. The Kier molecular flexibility index (Phi) is 4.33. The summed E-state index contributed by atoms with van der Waals surface area (Å²) in [6.07, 6.45) is 1.26. The van der Waals surface area contributed by atoms with E-state index in [-0.39, 0.29) is 21.5 Å². The third-order valence-electron chi connectivity index (χ3n) is 1.99. The fraction of sp³-hybridized carbons (Fsp3) is 0.111. The minimum atomic E-state index is -1.95. The molecule has 0 saturated heterocycles. The van der Waals surface area contributed by atoms with Crippen molar-refractivity contribution in [1.82, 2.24) is 9.36 Å². The van der Waals surface area contributed by atoms with Gasteiger partial charge in [-0.2, -0.15) is 9.10 Å². The number of hydrogen-bond acceptors (Lipinski definition) is 5. The number of benzene rings is 1. The molecule has 0 aliphatic carbocycles. The lowest BCUT2D eigenvalue weighted by Crippen LogP contribution is -2.15. The highest BCUT2D eigenvalue weighted by Crippen LogP contribution is 2.23. The first-order valence-corrected chi connectivity index (χ1v) is 7.06. The molecule has 0 spiro atoms. The van der Waals surface area contributed by atoms with Crippen LogP contribution in [0.1, 0.15) is 5.56 Å². The van der Waals surface area contributed by atoms with E-state index in [9.17, 15) is 13.3 Å². The quantitative estimate of drug-likeness (QED) is 0.697. The van der Waals surface area contributed by atoms with Gasteiger partial charge in [-0.25, -0.2) is 13.8 Å². The molecule has 0 radical (unpaired) electrons. The third-order valence-corrected chi connectivity index (χ3v) is 4.07. The molecule has 0 fully saturated rings. The van der Waals surface area contributed by atoms with Gasteiger partial charge in [-0.15, -0.1) is 11.6 Å². The van der Waals surface area contributed by atoms with Crippen LogP contribution in [-0.4, -0.2) is 13.9 Å². The van der Waals surface area contributed by atoms with Crippen molar-refractivity contribution in [3.63, 3.8) is 0 Å². The minimum absolute atomic E-state index is 0.0193. The van der Waals surface area contributed by atoms with Crippen molar-refractivity contribution >= 4 is 39.6 Å². The van der Waals surface area contributed by atoms with E-state index in [2.05, 4.69) is 14.1 Å². The normalized spacial score (nSPS) is 12.4. The lowest BCUT2D eigenvalue weighted by Gasteiger charge is -2.10. The number of rotatable bonds is 4. The van der Waals surface area contributed by atoms with Gasteiger partial charge in [-0.3, -0.25) is 0 Å². The second-order valence-electron chi connectivity index (χ2n) is 3.12. The van der Waals surface area contributed by atoms with Gasteiger partial charge in [0.1, 0.15) is 23.5 Å². The largest absolute Gasteiger partial charge is 0.588 e. The first-order chi connectivity index (χ1) is 8.61. The third kappa shape index (κ3) is 2.89. The molecule has 1 aromatic carbocycles. The zero-order valence-electron chi connectivity index (χ0n) is 8.69. The number of anilines is 1. The molecule has 18 heavy (non-hydrogen) atoms. The molecule has 1 atom stereocenters. The highest BCUT2D eigenvalue weighted by Gasteiger charge is 2.21.